The van der Waals surface area contributed by atoms with E-state index in [1.807, 2.05) is 46.7 Å². The first-order valence-electron chi connectivity index (χ1n) is 6.18. The number of aliphatic imine (C=N–C) groups is 1. The SMILES string of the molecule is CCNC(=NCCNC(=O)OC(C)(C)C)N(C)C.I. The normalized spacial score (nSPS) is 11.4. The molecule has 0 aromatic carbocycles. The van der Waals surface area contributed by atoms with Gasteiger partial charge in [-0.25, -0.2) is 4.79 Å². The fraction of sp³-hybridized carbons (Fsp3) is 0.833. The van der Waals surface area contributed by atoms with Crippen LogP contribution in [0.4, 0.5) is 4.79 Å². The molecule has 0 aliphatic rings. The number of carbonyl (C=O) groups is 1. The summed E-state index contributed by atoms with van der Waals surface area (Å²) in [6.45, 7) is 9.30. The third-order valence-electron chi connectivity index (χ3n) is 1.80. The highest BCUT2D eigenvalue weighted by molar-refractivity contribution is 14.0. The van der Waals surface area contributed by atoms with Crippen LogP contribution in [0.1, 0.15) is 27.7 Å². The molecule has 0 atom stereocenters. The topological polar surface area (TPSA) is 66.0 Å². The number of hydrogen-bond donors (Lipinski definition) is 2. The molecule has 1 amide bonds. The van der Waals surface area contributed by atoms with E-state index in [1.165, 1.54) is 0 Å². The Kier molecular flexibility index (Phi) is 10.9. The number of guanidine groups is 1. The number of hydrogen-bond acceptors (Lipinski definition) is 3. The van der Waals surface area contributed by atoms with Crippen molar-refractivity contribution in [2.75, 3.05) is 33.7 Å². The third-order valence-corrected chi connectivity index (χ3v) is 1.80. The molecule has 2 N–H and O–H groups in total. The molecular formula is C12H27IN4O2. The summed E-state index contributed by atoms with van der Waals surface area (Å²) in [4.78, 5) is 17.6. The molecule has 0 heterocycles. The number of ether oxygens (including phenoxy) is 1. The molecular weight excluding hydrogens is 359 g/mol. The standard InChI is InChI=1S/C12H26N4O2.HI/c1-7-13-10(16(5)6)14-8-9-15-11(17)18-12(2,3)4;/h7-9H2,1-6H3,(H,13,14)(H,15,17);1H. The van der Waals surface area contributed by atoms with Crippen molar-refractivity contribution in [3.63, 3.8) is 0 Å². The molecule has 7 heteroatoms. The van der Waals surface area contributed by atoms with Gasteiger partial charge in [0.2, 0.25) is 0 Å². The van der Waals surface area contributed by atoms with Gasteiger partial charge in [0.1, 0.15) is 5.60 Å². The molecule has 0 unspecified atom stereocenters. The summed E-state index contributed by atoms with van der Waals surface area (Å²) in [5.41, 5.74) is -0.466. The fourth-order valence-electron chi connectivity index (χ4n) is 1.15. The Morgan fingerprint density at radius 1 is 1.26 bits per heavy atom. The van der Waals surface area contributed by atoms with Gasteiger partial charge in [-0.15, -0.1) is 24.0 Å². The molecule has 0 radical (unpaired) electrons. The molecule has 0 saturated heterocycles. The number of nitrogens with zero attached hydrogens (tertiary/aromatic N) is 2. The molecule has 0 aliphatic carbocycles. The van der Waals surface area contributed by atoms with E-state index in [0.29, 0.717) is 13.1 Å². The summed E-state index contributed by atoms with van der Waals surface area (Å²) in [5, 5.41) is 5.80. The molecule has 0 bridgehead atoms. The largest absolute Gasteiger partial charge is 0.444 e. The lowest BCUT2D eigenvalue weighted by molar-refractivity contribution is 0.0529. The average Bonchev–Trinajstić information content (AvgIpc) is 2.19. The zero-order valence-electron chi connectivity index (χ0n) is 12.7. The van der Waals surface area contributed by atoms with Crippen LogP contribution in [-0.4, -0.2) is 56.3 Å². The van der Waals surface area contributed by atoms with Crippen molar-refractivity contribution in [3.05, 3.63) is 0 Å². The lowest BCUT2D eigenvalue weighted by atomic mass is 10.2. The van der Waals surface area contributed by atoms with Crippen LogP contribution in [0.25, 0.3) is 0 Å². The molecule has 0 aliphatic heterocycles. The first-order chi connectivity index (χ1) is 8.26. The van der Waals surface area contributed by atoms with Crippen LogP contribution in [0, 0.1) is 0 Å². The highest BCUT2D eigenvalue weighted by Gasteiger charge is 2.15. The van der Waals surface area contributed by atoms with Gasteiger partial charge in [0.05, 0.1) is 6.54 Å². The number of rotatable bonds is 4. The van der Waals surface area contributed by atoms with E-state index < -0.39 is 11.7 Å². The van der Waals surface area contributed by atoms with Crippen LogP contribution in [0.5, 0.6) is 0 Å². The van der Waals surface area contributed by atoms with Crippen LogP contribution in [0.3, 0.4) is 0 Å². The number of alkyl carbamates (subject to hydrolysis) is 1. The summed E-state index contributed by atoms with van der Waals surface area (Å²) >= 11 is 0. The molecule has 19 heavy (non-hydrogen) atoms. The number of carbonyl (C=O) groups excluding carboxylic acids is 1. The minimum Gasteiger partial charge on any atom is -0.444 e. The zero-order chi connectivity index (χ0) is 14.2. The van der Waals surface area contributed by atoms with E-state index in [0.717, 1.165) is 12.5 Å². The van der Waals surface area contributed by atoms with Crippen LogP contribution in [0.15, 0.2) is 4.99 Å². The molecule has 114 valence electrons. The van der Waals surface area contributed by atoms with Crippen molar-refractivity contribution < 1.29 is 9.53 Å². The second kappa shape index (κ2) is 10.1. The number of nitrogens with one attached hydrogen (secondary N) is 2. The van der Waals surface area contributed by atoms with Crippen molar-refractivity contribution in [2.45, 2.75) is 33.3 Å². The Morgan fingerprint density at radius 3 is 2.26 bits per heavy atom. The van der Waals surface area contributed by atoms with Gasteiger partial charge in [0.25, 0.3) is 0 Å². The first kappa shape index (κ1) is 20.6. The molecule has 0 spiro atoms. The monoisotopic (exact) mass is 386 g/mol. The summed E-state index contributed by atoms with van der Waals surface area (Å²) in [5.74, 6) is 0.809. The van der Waals surface area contributed by atoms with Crippen molar-refractivity contribution >= 4 is 36.0 Å². The Morgan fingerprint density at radius 2 is 1.84 bits per heavy atom. The van der Waals surface area contributed by atoms with Crippen LogP contribution in [-0.2, 0) is 4.74 Å². The van der Waals surface area contributed by atoms with Gasteiger partial charge in [-0.2, -0.15) is 0 Å². The predicted molar refractivity (Wildman–Crippen MR) is 89.3 cm³/mol. The van der Waals surface area contributed by atoms with Crippen molar-refractivity contribution in [2.24, 2.45) is 4.99 Å². The summed E-state index contributed by atoms with van der Waals surface area (Å²) < 4.78 is 5.12. The highest BCUT2D eigenvalue weighted by Crippen LogP contribution is 2.05. The Balaban J connectivity index is 0. The maximum absolute atomic E-state index is 11.4. The first-order valence-corrected chi connectivity index (χ1v) is 6.18. The van der Waals surface area contributed by atoms with Gasteiger partial charge in [-0.3, -0.25) is 4.99 Å². The molecule has 0 aromatic heterocycles. The Hall–Kier alpha value is -0.730. The Bertz CT molecular complexity index is 288. The Labute approximate surface area is 133 Å². The summed E-state index contributed by atoms with van der Waals surface area (Å²) in [7, 11) is 3.84. The maximum atomic E-state index is 11.4. The van der Waals surface area contributed by atoms with Gasteiger partial charge in [0.15, 0.2) is 5.96 Å². The number of amides is 1. The van der Waals surface area contributed by atoms with E-state index in [-0.39, 0.29) is 24.0 Å². The second-order valence-corrected chi connectivity index (χ2v) is 5.06. The molecule has 0 aromatic rings. The van der Waals surface area contributed by atoms with E-state index in [9.17, 15) is 4.79 Å². The van der Waals surface area contributed by atoms with Crippen molar-refractivity contribution in [1.82, 2.24) is 15.5 Å². The quantitative estimate of drug-likeness (QED) is 0.334. The number of halogens is 1. The van der Waals surface area contributed by atoms with E-state index in [4.69, 9.17) is 4.74 Å². The van der Waals surface area contributed by atoms with Gasteiger partial charge >= 0.3 is 6.09 Å². The minimum absolute atomic E-state index is 0. The van der Waals surface area contributed by atoms with Crippen LogP contribution >= 0.6 is 24.0 Å². The molecule has 6 nitrogen and oxygen atoms in total. The minimum atomic E-state index is -0.466. The summed E-state index contributed by atoms with van der Waals surface area (Å²) in [6.07, 6.45) is -0.410. The molecule has 0 saturated carbocycles. The van der Waals surface area contributed by atoms with E-state index >= 15 is 0 Å². The van der Waals surface area contributed by atoms with Crippen molar-refractivity contribution in [3.8, 4) is 0 Å². The van der Waals surface area contributed by atoms with Crippen LogP contribution in [0.2, 0.25) is 0 Å². The van der Waals surface area contributed by atoms with Gasteiger partial charge < -0.3 is 20.3 Å². The average molecular weight is 386 g/mol. The summed E-state index contributed by atoms with van der Waals surface area (Å²) in [6, 6.07) is 0. The zero-order valence-corrected chi connectivity index (χ0v) is 15.1. The van der Waals surface area contributed by atoms with Gasteiger partial charge in [0, 0.05) is 27.2 Å². The molecule has 0 fully saturated rings. The van der Waals surface area contributed by atoms with E-state index in [2.05, 4.69) is 15.6 Å². The predicted octanol–water partition coefficient (Wildman–Crippen LogP) is 1.66. The fourth-order valence-corrected chi connectivity index (χ4v) is 1.15. The smallest absolute Gasteiger partial charge is 0.407 e. The third kappa shape index (κ3) is 12.1. The lowest BCUT2D eigenvalue weighted by Gasteiger charge is -2.19. The second-order valence-electron chi connectivity index (χ2n) is 5.06. The van der Waals surface area contributed by atoms with Gasteiger partial charge in [-0.1, -0.05) is 0 Å². The van der Waals surface area contributed by atoms with Crippen LogP contribution < -0.4 is 10.6 Å². The van der Waals surface area contributed by atoms with Gasteiger partial charge in [-0.05, 0) is 27.7 Å². The highest BCUT2D eigenvalue weighted by atomic mass is 127. The molecule has 0 rings (SSSR count). The van der Waals surface area contributed by atoms with E-state index in [1.54, 1.807) is 0 Å². The maximum Gasteiger partial charge on any atom is 0.407 e. The van der Waals surface area contributed by atoms with Crippen molar-refractivity contribution in [1.29, 1.82) is 0 Å². The lowest BCUT2D eigenvalue weighted by Crippen LogP contribution is -2.37.